The van der Waals surface area contributed by atoms with Gasteiger partial charge in [-0.25, -0.2) is 0 Å². The highest BCUT2D eigenvalue weighted by Crippen LogP contribution is 2.50. The normalized spacial score (nSPS) is 22.4. The van der Waals surface area contributed by atoms with Crippen LogP contribution in [0.25, 0.3) is 0 Å². The molecule has 0 spiro atoms. The molecule has 0 N–H and O–H groups in total. The zero-order chi connectivity index (χ0) is 24.8. The van der Waals surface area contributed by atoms with E-state index in [2.05, 4.69) is 48.8 Å². The number of likely N-dealkylation sites (tertiary alicyclic amines) is 1. The lowest BCUT2D eigenvalue weighted by molar-refractivity contribution is 0.112. The van der Waals surface area contributed by atoms with Crippen LogP contribution >= 0.6 is 11.6 Å². The standard InChI is InChI=1S/C30H38ClN3O/c1-29(2)24-10-9-22(21-11-17-33(18-12-21)16-6-13-30(3)14-15-30)19-27(24)34(28(29)32-4)26-8-5-7-25(31)23(26)20-35/h5,7-10,19-21H,6,11-18H2,1-4H3. The lowest BCUT2D eigenvalue weighted by Gasteiger charge is -2.33. The average molecular weight is 492 g/mol. The molecule has 0 amide bonds. The molecule has 3 aliphatic rings. The molecule has 1 aliphatic carbocycles. The van der Waals surface area contributed by atoms with Crippen LogP contribution in [-0.4, -0.2) is 43.7 Å². The third-order valence-electron chi connectivity index (χ3n) is 8.72. The summed E-state index contributed by atoms with van der Waals surface area (Å²) in [5.41, 5.74) is 5.47. The van der Waals surface area contributed by atoms with E-state index in [-0.39, 0.29) is 5.41 Å². The van der Waals surface area contributed by atoms with Gasteiger partial charge in [-0.2, -0.15) is 0 Å². The molecule has 2 aromatic rings. The smallest absolute Gasteiger partial charge is 0.153 e. The van der Waals surface area contributed by atoms with Gasteiger partial charge in [-0.05, 0) is 113 Å². The molecule has 5 rings (SSSR count). The van der Waals surface area contributed by atoms with E-state index in [4.69, 9.17) is 16.6 Å². The highest BCUT2D eigenvalue weighted by Gasteiger charge is 2.43. The van der Waals surface area contributed by atoms with Crippen molar-refractivity contribution in [1.82, 2.24) is 4.90 Å². The van der Waals surface area contributed by atoms with Gasteiger partial charge < -0.3 is 4.90 Å². The van der Waals surface area contributed by atoms with Crippen LogP contribution in [0, 0.1) is 5.41 Å². The van der Waals surface area contributed by atoms with Gasteiger partial charge in [-0.15, -0.1) is 0 Å². The van der Waals surface area contributed by atoms with Gasteiger partial charge in [0.2, 0.25) is 0 Å². The Morgan fingerprint density at radius 1 is 1.09 bits per heavy atom. The van der Waals surface area contributed by atoms with Gasteiger partial charge in [-0.3, -0.25) is 14.7 Å². The number of piperidine rings is 1. The summed E-state index contributed by atoms with van der Waals surface area (Å²) in [5, 5.41) is 0.471. The third kappa shape index (κ3) is 4.56. The predicted octanol–water partition coefficient (Wildman–Crippen LogP) is 7.37. The predicted molar refractivity (Wildman–Crippen MR) is 147 cm³/mol. The maximum Gasteiger partial charge on any atom is 0.153 e. The Kier molecular flexibility index (Phi) is 6.56. The van der Waals surface area contributed by atoms with E-state index in [1.54, 1.807) is 6.07 Å². The maximum atomic E-state index is 12.0. The number of amidine groups is 1. The number of fused-ring (bicyclic) bond motifs is 1. The molecule has 2 heterocycles. The van der Waals surface area contributed by atoms with Crippen LogP contribution in [0.1, 0.15) is 86.7 Å². The molecule has 0 unspecified atom stereocenters. The van der Waals surface area contributed by atoms with E-state index in [1.165, 1.54) is 69.3 Å². The number of hydrogen-bond acceptors (Lipinski definition) is 3. The number of hydrogen-bond donors (Lipinski definition) is 0. The second kappa shape index (κ2) is 9.37. The lowest BCUT2D eigenvalue weighted by Crippen LogP contribution is -2.34. The van der Waals surface area contributed by atoms with Crippen molar-refractivity contribution in [3.63, 3.8) is 0 Å². The molecular formula is C30H38ClN3O. The molecule has 5 heteroatoms. The highest BCUT2D eigenvalue weighted by molar-refractivity contribution is 6.34. The Balaban J connectivity index is 1.39. The second-order valence-corrected chi connectivity index (χ2v) is 12.0. The second-order valence-electron chi connectivity index (χ2n) is 11.6. The average Bonchev–Trinajstić information content (AvgIpc) is 3.53. The minimum Gasteiger partial charge on any atom is -0.303 e. The zero-order valence-electron chi connectivity index (χ0n) is 21.6. The molecule has 0 radical (unpaired) electrons. The molecule has 2 fully saturated rings. The number of halogens is 1. The van der Waals surface area contributed by atoms with E-state index in [0.29, 0.717) is 21.9 Å². The van der Waals surface area contributed by atoms with Crippen LogP contribution < -0.4 is 4.90 Å². The molecule has 1 saturated carbocycles. The largest absolute Gasteiger partial charge is 0.303 e. The van der Waals surface area contributed by atoms with Crippen molar-refractivity contribution in [2.75, 3.05) is 31.6 Å². The third-order valence-corrected chi connectivity index (χ3v) is 9.05. The van der Waals surface area contributed by atoms with Gasteiger partial charge in [-0.1, -0.05) is 36.7 Å². The summed E-state index contributed by atoms with van der Waals surface area (Å²) in [6.45, 7) is 10.5. The molecule has 0 bridgehead atoms. The molecule has 35 heavy (non-hydrogen) atoms. The molecule has 4 nitrogen and oxygen atoms in total. The van der Waals surface area contributed by atoms with E-state index < -0.39 is 0 Å². The highest BCUT2D eigenvalue weighted by atomic mass is 35.5. The Morgan fingerprint density at radius 3 is 2.49 bits per heavy atom. The summed E-state index contributed by atoms with van der Waals surface area (Å²) < 4.78 is 0. The van der Waals surface area contributed by atoms with Gasteiger partial charge in [0.15, 0.2) is 6.29 Å². The topological polar surface area (TPSA) is 35.9 Å². The number of nitrogens with zero attached hydrogens (tertiary/aromatic N) is 3. The molecule has 0 aromatic heterocycles. The van der Waals surface area contributed by atoms with E-state index >= 15 is 0 Å². The van der Waals surface area contributed by atoms with E-state index in [0.717, 1.165) is 23.5 Å². The van der Waals surface area contributed by atoms with Gasteiger partial charge in [0.25, 0.3) is 0 Å². The first-order valence-electron chi connectivity index (χ1n) is 13.2. The molecule has 186 valence electrons. The number of carbonyl (C=O) groups is 1. The van der Waals surface area contributed by atoms with E-state index in [1.807, 2.05) is 19.2 Å². The monoisotopic (exact) mass is 491 g/mol. The van der Waals surface area contributed by atoms with Crippen LogP contribution in [0.3, 0.4) is 0 Å². The first-order chi connectivity index (χ1) is 16.8. The zero-order valence-corrected chi connectivity index (χ0v) is 22.4. The summed E-state index contributed by atoms with van der Waals surface area (Å²) in [5.74, 6) is 1.50. The van der Waals surface area contributed by atoms with Crippen molar-refractivity contribution in [2.45, 2.75) is 70.6 Å². The Labute approximate surface area is 215 Å². The SMILES string of the molecule is CN=C1N(c2cccc(Cl)c2C=O)c2cc(C3CCN(CCCC4(C)CC4)CC3)ccc2C1(C)C. The quantitative estimate of drug-likeness (QED) is 0.379. The maximum absolute atomic E-state index is 12.0. The fourth-order valence-electron chi connectivity index (χ4n) is 6.17. The van der Waals surface area contributed by atoms with Crippen LogP contribution in [0.2, 0.25) is 5.02 Å². The van der Waals surface area contributed by atoms with Gasteiger partial charge >= 0.3 is 0 Å². The van der Waals surface area contributed by atoms with Crippen molar-refractivity contribution in [3.8, 4) is 0 Å². The van der Waals surface area contributed by atoms with Gasteiger partial charge in [0, 0.05) is 12.5 Å². The summed E-state index contributed by atoms with van der Waals surface area (Å²) in [4.78, 5) is 21.5. The summed E-state index contributed by atoms with van der Waals surface area (Å²) in [7, 11) is 1.83. The van der Waals surface area contributed by atoms with Crippen molar-refractivity contribution in [3.05, 3.63) is 58.1 Å². The van der Waals surface area contributed by atoms with Crippen molar-refractivity contribution in [2.24, 2.45) is 10.4 Å². The first-order valence-corrected chi connectivity index (χ1v) is 13.5. The summed E-state index contributed by atoms with van der Waals surface area (Å²) in [6.07, 6.45) is 8.83. The summed E-state index contributed by atoms with van der Waals surface area (Å²) >= 11 is 6.43. The Bertz CT molecular complexity index is 1140. The van der Waals surface area contributed by atoms with Crippen molar-refractivity contribution in [1.29, 1.82) is 0 Å². The van der Waals surface area contributed by atoms with Crippen LogP contribution in [0.4, 0.5) is 11.4 Å². The van der Waals surface area contributed by atoms with Crippen LogP contribution in [0.5, 0.6) is 0 Å². The number of anilines is 2. The number of benzene rings is 2. The number of carbonyl (C=O) groups excluding carboxylic acids is 1. The molecular weight excluding hydrogens is 454 g/mol. The fourth-order valence-corrected chi connectivity index (χ4v) is 6.39. The Hall–Kier alpha value is -2.17. The van der Waals surface area contributed by atoms with E-state index in [9.17, 15) is 4.79 Å². The van der Waals surface area contributed by atoms with Crippen molar-refractivity contribution >= 4 is 35.1 Å². The van der Waals surface area contributed by atoms with Crippen LogP contribution in [-0.2, 0) is 5.41 Å². The van der Waals surface area contributed by atoms with Crippen molar-refractivity contribution < 1.29 is 4.79 Å². The minimum atomic E-state index is -0.257. The van der Waals surface area contributed by atoms with Gasteiger partial charge in [0.05, 0.1) is 22.0 Å². The summed E-state index contributed by atoms with van der Waals surface area (Å²) in [6, 6.07) is 12.6. The first kappa shape index (κ1) is 24.5. The Morgan fingerprint density at radius 2 is 1.83 bits per heavy atom. The number of aldehydes is 1. The fraction of sp³-hybridized carbons (Fsp3) is 0.533. The lowest BCUT2D eigenvalue weighted by atomic mass is 9.83. The number of aliphatic imine (C=N–C) groups is 1. The minimum absolute atomic E-state index is 0.257. The number of rotatable bonds is 7. The molecule has 2 aromatic carbocycles. The molecule has 1 saturated heterocycles. The molecule has 2 aliphatic heterocycles. The van der Waals surface area contributed by atoms with Crippen LogP contribution in [0.15, 0.2) is 41.4 Å². The van der Waals surface area contributed by atoms with Gasteiger partial charge in [0.1, 0.15) is 5.84 Å². The molecule has 0 atom stereocenters.